The molecule has 5 heteroatoms. The van der Waals surface area contributed by atoms with Gasteiger partial charge in [0.15, 0.2) is 11.5 Å². The van der Waals surface area contributed by atoms with Crippen LogP contribution in [0.25, 0.3) is 22.6 Å². The lowest BCUT2D eigenvalue weighted by Crippen LogP contribution is -1.87. The van der Waals surface area contributed by atoms with Crippen molar-refractivity contribution >= 4 is 21.8 Å². The molecule has 0 atom stereocenters. The molecule has 0 bridgehead atoms. The lowest BCUT2D eigenvalue weighted by molar-refractivity contribution is 0.435. The van der Waals surface area contributed by atoms with Gasteiger partial charge in [-0.15, -0.1) is 0 Å². The summed E-state index contributed by atoms with van der Waals surface area (Å²) in [5, 5.41) is 4.00. The van der Waals surface area contributed by atoms with Gasteiger partial charge in [0.2, 0.25) is 5.88 Å². The number of aromatic nitrogens is 1. The van der Waals surface area contributed by atoms with Crippen LogP contribution in [-0.2, 0) is 0 Å². The molecule has 2 N–H and O–H groups in total. The minimum absolute atomic E-state index is 0.280. The van der Waals surface area contributed by atoms with E-state index in [0.717, 1.165) is 21.4 Å². The predicted octanol–water partition coefficient (Wildman–Crippen LogP) is 4.25. The Morgan fingerprint density at radius 3 is 2.74 bits per heavy atom. The fourth-order valence-electron chi connectivity index (χ4n) is 1.96. The summed E-state index contributed by atoms with van der Waals surface area (Å²) in [5.74, 6) is 1.74. The Hall–Kier alpha value is -2.01. The van der Waals surface area contributed by atoms with Crippen molar-refractivity contribution in [2.45, 2.75) is 6.92 Å². The SMILES string of the molecule is Cc1ccc(-c2noc(N)c2-c2cccc(Br)c2)o1. The van der Waals surface area contributed by atoms with Crippen molar-refractivity contribution in [1.29, 1.82) is 0 Å². The molecule has 3 aromatic rings. The molecule has 0 spiro atoms. The maximum Gasteiger partial charge on any atom is 0.230 e. The number of hydrogen-bond acceptors (Lipinski definition) is 4. The third kappa shape index (κ3) is 2.17. The van der Waals surface area contributed by atoms with Crippen molar-refractivity contribution in [2.24, 2.45) is 0 Å². The Kier molecular flexibility index (Phi) is 2.91. The van der Waals surface area contributed by atoms with Crippen molar-refractivity contribution in [3.8, 4) is 22.6 Å². The molecule has 0 radical (unpaired) electrons. The summed E-state index contributed by atoms with van der Waals surface area (Å²) in [5.41, 5.74) is 8.17. The third-order valence-corrected chi connectivity index (χ3v) is 3.30. The van der Waals surface area contributed by atoms with Gasteiger partial charge in [0, 0.05) is 4.47 Å². The molecule has 4 nitrogen and oxygen atoms in total. The van der Waals surface area contributed by atoms with Gasteiger partial charge >= 0.3 is 0 Å². The van der Waals surface area contributed by atoms with E-state index in [1.165, 1.54) is 0 Å². The molecule has 3 rings (SSSR count). The molecule has 2 aromatic heterocycles. The third-order valence-electron chi connectivity index (χ3n) is 2.81. The summed E-state index contributed by atoms with van der Waals surface area (Å²) in [6, 6.07) is 11.5. The Balaban J connectivity index is 2.19. The van der Waals surface area contributed by atoms with Gasteiger partial charge in [-0.3, -0.25) is 0 Å². The highest BCUT2D eigenvalue weighted by atomic mass is 79.9. The highest BCUT2D eigenvalue weighted by molar-refractivity contribution is 9.10. The smallest absolute Gasteiger partial charge is 0.230 e. The zero-order valence-electron chi connectivity index (χ0n) is 10.2. The largest absolute Gasteiger partial charge is 0.460 e. The first-order valence-electron chi connectivity index (χ1n) is 5.73. The molecule has 0 aliphatic heterocycles. The molecular weight excluding hydrogens is 308 g/mol. The number of nitrogens with zero attached hydrogens (tertiary/aromatic N) is 1. The van der Waals surface area contributed by atoms with Crippen LogP contribution < -0.4 is 5.73 Å². The summed E-state index contributed by atoms with van der Waals surface area (Å²) in [7, 11) is 0. The van der Waals surface area contributed by atoms with Gasteiger partial charge in [-0.2, -0.15) is 0 Å². The van der Waals surface area contributed by atoms with Crippen LogP contribution in [-0.4, -0.2) is 5.16 Å². The zero-order chi connectivity index (χ0) is 13.4. The van der Waals surface area contributed by atoms with E-state index in [0.29, 0.717) is 11.5 Å². The van der Waals surface area contributed by atoms with Gasteiger partial charge in [0.1, 0.15) is 5.76 Å². The number of hydrogen-bond donors (Lipinski definition) is 1. The molecular formula is C14H11BrN2O2. The number of nitrogens with two attached hydrogens (primary N) is 1. The molecule has 96 valence electrons. The molecule has 19 heavy (non-hydrogen) atoms. The van der Waals surface area contributed by atoms with E-state index < -0.39 is 0 Å². The Morgan fingerprint density at radius 2 is 2.05 bits per heavy atom. The molecule has 0 unspecified atom stereocenters. The summed E-state index contributed by atoms with van der Waals surface area (Å²) in [6.45, 7) is 1.88. The molecule has 0 fully saturated rings. The molecule has 0 aliphatic rings. The number of furan rings is 1. The number of aryl methyl sites for hydroxylation is 1. The summed E-state index contributed by atoms with van der Waals surface area (Å²) < 4.78 is 11.7. The first-order chi connectivity index (χ1) is 9.15. The summed E-state index contributed by atoms with van der Waals surface area (Å²) >= 11 is 3.44. The Labute approximate surface area is 118 Å². The number of rotatable bonds is 2. The van der Waals surface area contributed by atoms with E-state index in [2.05, 4.69) is 21.1 Å². The first kappa shape index (κ1) is 12.0. The van der Waals surface area contributed by atoms with Crippen molar-refractivity contribution in [1.82, 2.24) is 5.16 Å². The number of nitrogen functional groups attached to an aromatic ring is 1. The second kappa shape index (κ2) is 4.59. The number of anilines is 1. The van der Waals surface area contributed by atoms with Crippen molar-refractivity contribution in [3.05, 3.63) is 46.6 Å². The topological polar surface area (TPSA) is 65.2 Å². The molecule has 2 heterocycles. The van der Waals surface area contributed by atoms with Crippen molar-refractivity contribution < 1.29 is 8.94 Å². The van der Waals surface area contributed by atoms with E-state index in [-0.39, 0.29) is 5.88 Å². The maximum absolute atomic E-state index is 5.88. The van der Waals surface area contributed by atoms with E-state index in [9.17, 15) is 0 Å². The standard InChI is InChI=1S/C14H11BrN2O2/c1-8-5-6-11(18-8)13-12(14(16)19-17-13)9-3-2-4-10(15)7-9/h2-7H,16H2,1H3. The molecule has 0 saturated heterocycles. The molecule has 0 aliphatic carbocycles. The molecule has 0 amide bonds. The maximum atomic E-state index is 5.88. The first-order valence-corrected chi connectivity index (χ1v) is 6.52. The molecule has 0 saturated carbocycles. The normalized spacial score (nSPS) is 10.8. The minimum atomic E-state index is 0.280. The van der Waals surface area contributed by atoms with Gasteiger partial charge in [-0.25, -0.2) is 0 Å². The van der Waals surface area contributed by atoms with E-state index in [4.69, 9.17) is 14.7 Å². The number of halogens is 1. The lowest BCUT2D eigenvalue weighted by atomic mass is 10.0. The van der Waals surface area contributed by atoms with Crippen LogP contribution in [0.2, 0.25) is 0 Å². The monoisotopic (exact) mass is 318 g/mol. The van der Waals surface area contributed by atoms with Crippen LogP contribution in [0.4, 0.5) is 5.88 Å². The summed E-state index contributed by atoms with van der Waals surface area (Å²) in [4.78, 5) is 0. The van der Waals surface area contributed by atoms with Crippen LogP contribution in [0.5, 0.6) is 0 Å². The van der Waals surface area contributed by atoms with Gasteiger partial charge < -0.3 is 14.7 Å². The van der Waals surface area contributed by atoms with Crippen LogP contribution in [0.3, 0.4) is 0 Å². The van der Waals surface area contributed by atoms with E-state index in [1.807, 2.05) is 43.3 Å². The van der Waals surface area contributed by atoms with Crippen LogP contribution in [0.15, 0.2) is 49.8 Å². The fourth-order valence-corrected chi connectivity index (χ4v) is 2.35. The Morgan fingerprint density at radius 1 is 1.21 bits per heavy atom. The zero-order valence-corrected chi connectivity index (χ0v) is 11.8. The fraction of sp³-hybridized carbons (Fsp3) is 0.0714. The lowest BCUT2D eigenvalue weighted by Gasteiger charge is -2.01. The van der Waals surface area contributed by atoms with Crippen LogP contribution >= 0.6 is 15.9 Å². The van der Waals surface area contributed by atoms with Crippen molar-refractivity contribution in [2.75, 3.05) is 5.73 Å². The quantitative estimate of drug-likeness (QED) is 0.766. The second-order valence-electron chi connectivity index (χ2n) is 4.19. The average molecular weight is 319 g/mol. The van der Waals surface area contributed by atoms with Gasteiger partial charge in [-0.1, -0.05) is 33.2 Å². The van der Waals surface area contributed by atoms with Gasteiger partial charge in [0.25, 0.3) is 0 Å². The number of benzene rings is 1. The second-order valence-corrected chi connectivity index (χ2v) is 5.11. The van der Waals surface area contributed by atoms with Gasteiger partial charge in [-0.05, 0) is 36.8 Å². The van der Waals surface area contributed by atoms with Crippen LogP contribution in [0.1, 0.15) is 5.76 Å². The molecule has 1 aromatic carbocycles. The highest BCUT2D eigenvalue weighted by Gasteiger charge is 2.19. The van der Waals surface area contributed by atoms with Crippen molar-refractivity contribution in [3.63, 3.8) is 0 Å². The Bertz CT molecular complexity index is 731. The van der Waals surface area contributed by atoms with E-state index >= 15 is 0 Å². The minimum Gasteiger partial charge on any atom is -0.460 e. The van der Waals surface area contributed by atoms with Gasteiger partial charge in [0.05, 0.1) is 5.56 Å². The predicted molar refractivity (Wildman–Crippen MR) is 76.5 cm³/mol. The van der Waals surface area contributed by atoms with Crippen LogP contribution in [0, 0.1) is 6.92 Å². The van der Waals surface area contributed by atoms with E-state index in [1.54, 1.807) is 0 Å². The average Bonchev–Trinajstić information content (AvgIpc) is 2.95. The highest BCUT2D eigenvalue weighted by Crippen LogP contribution is 2.37. The summed E-state index contributed by atoms with van der Waals surface area (Å²) in [6.07, 6.45) is 0.